The third kappa shape index (κ3) is 3.50. The SMILES string of the molecule is CC(C)[C@H](C)NC(=O)C1CCN([C@H]2Cc3ccccc3[C@H]2O)CC1. The highest BCUT2D eigenvalue weighted by Gasteiger charge is 2.37. The topological polar surface area (TPSA) is 52.6 Å². The fourth-order valence-corrected chi connectivity index (χ4v) is 3.88. The molecular weight excluding hydrogens is 300 g/mol. The molecule has 3 rings (SSSR count). The highest BCUT2D eigenvalue weighted by atomic mass is 16.3. The predicted octanol–water partition coefficient (Wildman–Crippen LogP) is 2.52. The van der Waals surface area contributed by atoms with Gasteiger partial charge in [-0.05, 0) is 56.3 Å². The molecule has 2 aliphatic rings. The molecule has 1 aromatic carbocycles. The van der Waals surface area contributed by atoms with Crippen LogP contribution in [-0.2, 0) is 11.2 Å². The van der Waals surface area contributed by atoms with Gasteiger partial charge in [0.1, 0.15) is 0 Å². The van der Waals surface area contributed by atoms with Gasteiger partial charge in [-0.25, -0.2) is 0 Å². The van der Waals surface area contributed by atoms with Crippen molar-refractivity contribution in [2.45, 2.75) is 58.2 Å². The summed E-state index contributed by atoms with van der Waals surface area (Å²) in [5.41, 5.74) is 2.34. The molecule has 0 unspecified atom stereocenters. The van der Waals surface area contributed by atoms with Crippen molar-refractivity contribution in [2.75, 3.05) is 13.1 Å². The molecule has 0 aromatic heterocycles. The van der Waals surface area contributed by atoms with Crippen LogP contribution in [0.25, 0.3) is 0 Å². The van der Waals surface area contributed by atoms with Crippen LogP contribution in [0.5, 0.6) is 0 Å². The molecule has 1 fully saturated rings. The zero-order valence-electron chi connectivity index (χ0n) is 15.0. The quantitative estimate of drug-likeness (QED) is 0.892. The summed E-state index contributed by atoms with van der Waals surface area (Å²) in [6.07, 6.45) is 2.29. The van der Waals surface area contributed by atoms with Crippen LogP contribution in [0.2, 0.25) is 0 Å². The van der Waals surface area contributed by atoms with E-state index < -0.39 is 6.10 Å². The van der Waals surface area contributed by atoms with Gasteiger partial charge in [0.25, 0.3) is 0 Å². The van der Waals surface area contributed by atoms with Crippen molar-refractivity contribution in [2.24, 2.45) is 11.8 Å². The predicted molar refractivity (Wildman–Crippen MR) is 95.6 cm³/mol. The van der Waals surface area contributed by atoms with Crippen LogP contribution in [0.1, 0.15) is 50.8 Å². The Hall–Kier alpha value is -1.39. The van der Waals surface area contributed by atoms with E-state index >= 15 is 0 Å². The van der Waals surface area contributed by atoms with Crippen molar-refractivity contribution in [3.05, 3.63) is 35.4 Å². The third-order valence-electron chi connectivity index (χ3n) is 5.91. The Kier molecular flexibility index (Phi) is 5.26. The number of carbonyl (C=O) groups is 1. The fourth-order valence-electron chi connectivity index (χ4n) is 3.88. The smallest absolute Gasteiger partial charge is 0.223 e. The largest absolute Gasteiger partial charge is 0.387 e. The second kappa shape index (κ2) is 7.24. The molecule has 4 heteroatoms. The molecule has 0 saturated carbocycles. The number of likely N-dealkylation sites (tertiary alicyclic amines) is 1. The number of hydrogen-bond acceptors (Lipinski definition) is 3. The summed E-state index contributed by atoms with van der Waals surface area (Å²) in [5.74, 6) is 0.774. The molecule has 24 heavy (non-hydrogen) atoms. The first-order valence-corrected chi connectivity index (χ1v) is 9.27. The second-order valence-corrected chi connectivity index (χ2v) is 7.77. The molecular formula is C20H30N2O2. The fraction of sp³-hybridized carbons (Fsp3) is 0.650. The van der Waals surface area contributed by atoms with Crippen LogP contribution in [0.15, 0.2) is 24.3 Å². The van der Waals surface area contributed by atoms with Crippen LogP contribution in [-0.4, -0.2) is 41.1 Å². The minimum atomic E-state index is -0.396. The summed E-state index contributed by atoms with van der Waals surface area (Å²) < 4.78 is 0. The normalized spacial score (nSPS) is 26.4. The number of nitrogens with one attached hydrogen (secondary N) is 1. The molecule has 3 atom stereocenters. The minimum absolute atomic E-state index is 0.114. The first kappa shape index (κ1) is 17.4. The molecule has 1 amide bonds. The Morgan fingerprint density at radius 2 is 1.88 bits per heavy atom. The Morgan fingerprint density at radius 3 is 2.50 bits per heavy atom. The van der Waals surface area contributed by atoms with Gasteiger partial charge in [0.2, 0.25) is 5.91 Å². The molecule has 0 radical (unpaired) electrons. The number of aliphatic hydroxyl groups is 1. The lowest BCUT2D eigenvalue weighted by atomic mass is 9.93. The van der Waals surface area contributed by atoms with Gasteiger partial charge in [-0.1, -0.05) is 38.1 Å². The number of fused-ring (bicyclic) bond motifs is 1. The Balaban J connectivity index is 1.54. The molecule has 0 spiro atoms. The summed E-state index contributed by atoms with van der Waals surface area (Å²) in [6.45, 7) is 8.12. The first-order valence-electron chi connectivity index (χ1n) is 9.27. The second-order valence-electron chi connectivity index (χ2n) is 7.77. The van der Waals surface area contributed by atoms with Gasteiger partial charge in [0.15, 0.2) is 0 Å². The summed E-state index contributed by atoms with van der Waals surface area (Å²) in [7, 11) is 0. The van der Waals surface area contributed by atoms with Crippen LogP contribution < -0.4 is 5.32 Å². The number of benzene rings is 1. The lowest BCUT2D eigenvalue weighted by Gasteiger charge is -2.37. The van der Waals surface area contributed by atoms with Crippen molar-refractivity contribution in [1.82, 2.24) is 10.2 Å². The summed E-state index contributed by atoms with van der Waals surface area (Å²) in [4.78, 5) is 14.8. The summed E-state index contributed by atoms with van der Waals surface area (Å²) >= 11 is 0. The van der Waals surface area contributed by atoms with E-state index in [-0.39, 0.29) is 23.9 Å². The van der Waals surface area contributed by atoms with Crippen molar-refractivity contribution in [1.29, 1.82) is 0 Å². The van der Waals surface area contributed by atoms with E-state index in [4.69, 9.17) is 0 Å². The molecule has 1 aliphatic heterocycles. The van der Waals surface area contributed by atoms with E-state index in [1.54, 1.807) is 0 Å². The number of rotatable bonds is 4. The van der Waals surface area contributed by atoms with Crippen LogP contribution in [0.4, 0.5) is 0 Å². The molecule has 2 N–H and O–H groups in total. The van der Waals surface area contributed by atoms with Gasteiger partial charge in [0, 0.05) is 18.0 Å². The van der Waals surface area contributed by atoms with Gasteiger partial charge in [-0.2, -0.15) is 0 Å². The van der Waals surface area contributed by atoms with Crippen LogP contribution in [0, 0.1) is 11.8 Å². The molecule has 1 aromatic rings. The van der Waals surface area contributed by atoms with E-state index in [9.17, 15) is 9.90 Å². The first-order chi connectivity index (χ1) is 11.5. The van der Waals surface area contributed by atoms with Gasteiger partial charge in [-0.15, -0.1) is 0 Å². The lowest BCUT2D eigenvalue weighted by molar-refractivity contribution is -0.127. The number of aliphatic hydroxyl groups excluding tert-OH is 1. The monoisotopic (exact) mass is 330 g/mol. The Bertz CT molecular complexity index is 579. The van der Waals surface area contributed by atoms with E-state index in [1.807, 2.05) is 18.2 Å². The maximum atomic E-state index is 12.4. The maximum Gasteiger partial charge on any atom is 0.223 e. The molecule has 1 aliphatic carbocycles. The maximum absolute atomic E-state index is 12.4. The van der Waals surface area contributed by atoms with E-state index in [0.29, 0.717) is 5.92 Å². The van der Waals surface area contributed by atoms with Crippen molar-refractivity contribution < 1.29 is 9.90 Å². The van der Waals surface area contributed by atoms with Crippen molar-refractivity contribution in [3.8, 4) is 0 Å². The number of amides is 1. The average Bonchev–Trinajstić information content (AvgIpc) is 2.92. The number of piperidine rings is 1. The Morgan fingerprint density at radius 1 is 1.21 bits per heavy atom. The molecule has 132 valence electrons. The van der Waals surface area contributed by atoms with E-state index in [0.717, 1.165) is 37.9 Å². The standard InChI is InChI=1S/C20H30N2O2/c1-13(2)14(3)21-20(24)15-8-10-22(11-9-15)18-12-16-6-4-5-7-17(16)19(18)23/h4-7,13-15,18-19,23H,8-12H2,1-3H3,(H,21,24)/t14-,18-,19+/m0/s1. The average molecular weight is 330 g/mol. The number of nitrogens with zero attached hydrogens (tertiary/aromatic N) is 1. The molecule has 1 heterocycles. The lowest BCUT2D eigenvalue weighted by Crippen LogP contribution is -2.48. The van der Waals surface area contributed by atoms with Gasteiger partial charge in [0.05, 0.1) is 6.10 Å². The van der Waals surface area contributed by atoms with Gasteiger partial charge >= 0.3 is 0 Å². The highest BCUT2D eigenvalue weighted by Crippen LogP contribution is 2.36. The van der Waals surface area contributed by atoms with E-state index in [2.05, 4.69) is 37.1 Å². The van der Waals surface area contributed by atoms with Gasteiger partial charge < -0.3 is 10.4 Å². The van der Waals surface area contributed by atoms with Crippen molar-refractivity contribution >= 4 is 5.91 Å². The zero-order chi connectivity index (χ0) is 17.3. The van der Waals surface area contributed by atoms with Crippen LogP contribution >= 0.6 is 0 Å². The number of hydrogen-bond donors (Lipinski definition) is 2. The molecule has 1 saturated heterocycles. The van der Waals surface area contributed by atoms with Gasteiger partial charge in [-0.3, -0.25) is 9.69 Å². The third-order valence-corrected chi connectivity index (χ3v) is 5.91. The molecule has 0 bridgehead atoms. The Labute approximate surface area is 145 Å². The summed E-state index contributed by atoms with van der Waals surface area (Å²) in [6, 6.07) is 8.58. The number of carbonyl (C=O) groups excluding carboxylic acids is 1. The highest BCUT2D eigenvalue weighted by molar-refractivity contribution is 5.79. The summed E-state index contributed by atoms with van der Waals surface area (Å²) in [5, 5.41) is 13.8. The van der Waals surface area contributed by atoms with Crippen molar-refractivity contribution in [3.63, 3.8) is 0 Å². The minimum Gasteiger partial charge on any atom is -0.387 e. The van der Waals surface area contributed by atoms with E-state index in [1.165, 1.54) is 5.56 Å². The van der Waals surface area contributed by atoms with Crippen LogP contribution in [0.3, 0.4) is 0 Å². The zero-order valence-corrected chi connectivity index (χ0v) is 15.0. The molecule has 4 nitrogen and oxygen atoms in total.